The molecule has 0 bridgehead atoms. The van der Waals surface area contributed by atoms with E-state index in [1.54, 1.807) is 37.3 Å². The number of nitrogens with one attached hydrogen (secondary N) is 1. The van der Waals surface area contributed by atoms with Gasteiger partial charge in [-0.3, -0.25) is 9.59 Å². The number of carbonyl (C=O) groups excluding carboxylic acids is 3. The van der Waals surface area contributed by atoms with E-state index in [-0.39, 0.29) is 17.7 Å². The summed E-state index contributed by atoms with van der Waals surface area (Å²) in [5, 5.41) is 2.69. The number of nitrogens with zero attached hydrogens (tertiary/aromatic N) is 1. The standard InChI is InChI=1S/C16H18N2O4S/c1-2-22-15(20)8-5-12-3-6-13(7-4-12)17-14(19)11-18-9-10-23-16(18)21/h3-8H,2,9-11H2,1H3,(H,17,19)/b8-5+. The molecule has 0 atom stereocenters. The van der Waals surface area contributed by atoms with Crippen LogP contribution in [0.25, 0.3) is 6.08 Å². The lowest BCUT2D eigenvalue weighted by molar-refractivity contribution is -0.137. The fourth-order valence-electron chi connectivity index (χ4n) is 1.98. The highest BCUT2D eigenvalue weighted by Crippen LogP contribution is 2.17. The van der Waals surface area contributed by atoms with Crippen molar-refractivity contribution in [2.75, 3.05) is 30.8 Å². The van der Waals surface area contributed by atoms with E-state index in [4.69, 9.17) is 4.74 Å². The minimum atomic E-state index is -0.391. The summed E-state index contributed by atoms with van der Waals surface area (Å²) in [4.78, 5) is 36.1. The third-order valence-electron chi connectivity index (χ3n) is 3.07. The molecule has 7 heteroatoms. The smallest absolute Gasteiger partial charge is 0.330 e. The van der Waals surface area contributed by atoms with Gasteiger partial charge in [0.2, 0.25) is 5.91 Å². The second kappa shape index (κ2) is 8.38. The van der Waals surface area contributed by atoms with Gasteiger partial charge < -0.3 is 15.0 Å². The summed E-state index contributed by atoms with van der Waals surface area (Å²) in [6.07, 6.45) is 3.00. The second-order valence-corrected chi connectivity index (χ2v) is 5.84. The van der Waals surface area contributed by atoms with Crippen LogP contribution in [0.3, 0.4) is 0 Å². The van der Waals surface area contributed by atoms with Crippen LogP contribution in [0.4, 0.5) is 10.5 Å². The van der Waals surface area contributed by atoms with Crippen molar-refractivity contribution in [1.82, 2.24) is 4.90 Å². The molecule has 1 heterocycles. The Morgan fingerprint density at radius 2 is 2.09 bits per heavy atom. The Morgan fingerprint density at radius 1 is 1.35 bits per heavy atom. The highest BCUT2D eigenvalue weighted by atomic mass is 32.2. The van der Waals surface area contributed by atoms with Gasteiger partial charge in [0, 0.05) is 24.1 Å². The maximum atomic E-state index is 11.9. The molecular weight excluding hydrogens is 316 g/mol. The summed E-state index contributed by atoms with van der Waals surface area (Å²) in [5.41, 5.74) is 1.46. The van der Waals surface area contributed by atoms with Crippen LogP contribution < -0.4 is 5.32 Å². The Morgan fingerprint density at radius 3 is 2.70 bits per heavy atom. The van der Waals surface area contributed by atoms with E-state index in [0.717, 1.165) is 11.3 Å². The lowest BCUT2D eigenvalue weighted by Gasteiger charge is -2.14. The molecule has 0 radical (unpaired) electrons. The maximum Gasteiger partial charge on any atom is 0.330 e. The minimum Gasteiger partial charge on any atom is -0.463 e. The summed E-state index contributed by atoms with van der Waals surface area (Å²) in [6, 6.07) is 7.04. The van der Waals surface area contributed by atoms with Crippen LogP contribution in [0.5, 0.6) is 0 Å². The van der Waals surface area contributed by atoms with Crippen molar-refractivity contribution in [2.24, 2.45) is 0 Å². The zero-order valence-electron chi connectivity index (χ0n) is 12.8. The average Bonchev–Trinajstić information content (AvgIpc) is 2.92. The van der Waals surface area contributed by atoms with E-state index in [1.165, 1.54) is 22.7 Å². The predicted molar refractivity (Wildman–Crippen MR) is 90.2 cm³/mol. The van der Waals surface area contributed by atoms with Crippen LogP contribution >= 0.6 is 11.8 Å². The first-order valence-corrected chi connectivity index (χ1v) is 8.23. The van der Waals surface area contributed by atoms with Gasteiger partial charge in [0.05, 0.1) is 6.61 Å². The normalized spacial score (nSPS) is 14.3. The Kier molecular flexibility index (Phi) is 6.22. The monoisotopic (exact) mass is 334 g/mol. The molecule has 0 spiro atoms. The molecule has 1 aromatic rings. The number of anilines is 1. The van der Waals surface area contributed by atoms with Crippen LogP contribution in [-0.4, -0.2) is 47.5 Å². The minimum absolute atomic E-state index is 0.0559. The first-order valence-electron chi connectivity index (χ1n) is 7.25. The second-order valence-electron chi connectivity index (χ2n) is 4.79. The molecule has 2 amide bonds. The van der Waals surface area contributed by atoms with Crippen molar-refractivity contribution in [2.45, 2.75) is 6.92 Å². The van der Waals surface area contributed by atoms with Gasteiger partial charge >= 0.3 is 5.97 Å². The molecule has 1 aromatic carbocycles. The van der Waals surface area contributed by atoms with Crippen molar-refractivity contribution < 1.29 is 19.1 Å². The number of hydrogen-bond donors (Lipinski definition) is 1. The van der Waals surface area contributed by atoms with E-state index >= 15 is 0 Å². The van der Waals surface area contributed by atoms with Crippen LogP contribution in [-0.2, 0) is 14.3 Å². The number of carbonyl (C=O) groups is 3. The van der Waals surface area contributed by atoms with Crippen molar-refractivity contribution in [3.05, 3.63) is 35.9 Å². The van der Waals surface area contributed by atoms with E-state index < -0.39 is 5.97 Å². The van der Waals surface area contributed by atoms with Crippen molar-refractivity contribution >= 4 is 40.6 Å². The number of rotatable bonds is 6. The van der Waals surface area contributed by atoms with E-state index in [2.05, 4.69) is 5.32 Å². The molecule has 1 aliphatic rings. The van der Waals surface area contributed by atoms with Gasteiger partial charge in [-0.15, -0.1) is 0 Å². The zero-order chi connectivity index (χ0) is 16.7. The third kappa shape index (κ3) is 5.45. The molecule has 122 valence electrons. The van der Waals surface area contributed by atoms with Crippen LogP contribution in [0.1, 0.15) is 12.5 Å². The zero-order valence-corrected chi connectivity index (χ0v) is 13.6. The van der Waals surface area contributed by atoms with Gasteiger partial charge in [-0.05, 0) is 30.7 Å². The summed E-state index contributed by atoms with van der Waals surface area (Å²) >= 11 is 1.23. The van der Waals surface area contributed by atoms with Crippen LogP contribution in [0.15, 0.2) is 30.3 Å². The largest absolute Gasteiger partial charge is 0.463 e. The Labute approximate surface area is 138 Å². The fourth-order valence-corrected chi connectivity index (χ4v) is 2.80. The van der Waals surface area contributed by atoms with Gasteiger partial charge in [-0.1, -0.05) is 23.9 Å². The molecule has 0 saturated carbocycles. The molecule has 1 aliphatic heterocycles. The number of hydrogen-bond acceptors (Lipinski definition) is 5. The fraction of sp³-hybridized carbons (Fsp3) is 0.312. The molecule has 2 rings (SSSR count). The Hall–Kier alpha value is -2.28. The number of thioether (sulfide) groups is 1. The van der Waals surface area contributed by atoms with E-state index in [0.29, 0.717) is 18.8 Å². The summed E-state index contributed by atoms with van der Waals surface area (Å²) in [6.45, 7) is 2.76. The van der Waals surface area contributed by atoms with Crippen molar-refractivity contribution in [3.8, 4) is 0 Å². The molecule has 1 saturated heterocycles. The average molecular weight is 334 g/mol. The molecule has 0 unspecified atom stereocenters. The van der Waals surface area contributed by atoms with Gasteiger partial charge in [0.25, 0.3) is 5.24 Å². The van der Waals surface area contributed by atoms with Crippen LogP contribution in [0, 0.1) is 0 Å². The predicted octanol–water partition coefficient (Wildman–Crippen LogP) is 2.37. The molecule has 0 aliphatic carbocycles. The quantitative estimate of drug-likeness (QED) is 0.638. The molecule has 1 fully saturated rings. The Bertz CT molecular complexity index is 613. The molecule has 1 N–H and O–H groups in total. The number of amides is 2. The number of benzene rings is 1. The van der Waals surface area contributed by atoms with Gasteiger partial charge in [0.1, 0.15) is 6.54 Å². The van der Waals surface area contributed by atoms with Gasteiger partial charge in [-0.2, -0.15) is 0 Å². The molecule has 0 aromatic heterocycles. The lowest BCUT2D eigenvalue weighted by Crippen LogP contribution is -2.33. The summed E-state index contributed by atoms with van der Waals surface area (Å²) in [7, 11) is 0. The van der Waals surface area contributed by atoms with Crippen molar-refractivity contribution in [3.63, 3.8) is 0 Å². The highest BCUT2D eigenvalue weighted by Gasteiger charge is 2.23. The summed E-state index contributed by atoms with van der Waals surface area (Å²) in [5.74, 6) is 0.113. The van der Waals surface area contributed by atoms with Crippen molar-refractivity contribution in [1.29, 1.82) is 0 Å². The highest BCUT2D eigenvalue weighted by molar-refractivity contribution is 8.13. The maximum absolute atomic E-state index is 11.9. The first-order chi connectivity index (χ1) is 11.1. The number of esters is 1. The van der Waals surface area contributed by atoms with E-state index in [1.807, 2.05) is 0 Å². The van der Waals surface area contributed by atoms with Gasteiger partial charge in [-0.25, -0.2) is 4.79 Å². The Balaban J connectivity index is 1.85. The van der Waals surface area contributed by atoms with Gasteiger partial charge in [0.15, 0.2) is 0 Å². The van der Waals surface area contributed by atoms with E-state index in [9.17, 15) is 14.4 Å². The topological polar surface area (TPSA) is 75.7 Å². The SMILES string of the molecule is CCOC(=O)/C=C/c1ccc(NC(=O)CN2CCSC2=O)cc1. The molecule has 6 nitrogen and oxygen atoms in total. The first kappa shape index (κ1) is 17.1. The summed E-state index contributed by atoms with van der Waals surface area (Å²) < 4.78 is 4.80. The third-order valence-corrected chi connectivity index (χ3v) is 3.96. The molecule has 23 heavy (non-hydrogen) atoms. The lowest BCUT2D eigenvalue weighted by atomic mass is 10.2. The molecular formula is C16H18N2O4S. The number of ether oxygens (including phenoxy) is 1. The van der Waals surface area contributed by atoms with Crippen LogP contribution in [0.2, 0.25) is 0 Å².